The van der Waals surface area contributed by atoms with Crippen LogP contribution in [0.4, 0.5) is 5.69 Å². The van der Waals surface area contributed by atoms with Crippen molar-refractivity contribution in [3.63, 3.8) is 0 Å². The monoisotopic (exact) mass is 224 g/mol. The first-order chi connectivity index (χ1) is 8.27. The minimum Gasteiger partial charge on any atom is -0.318 e. The van der Waals surface area contributed by atoms with Gasteiger partial charge in [0.15, 0.2) is 0 Å². The lowest BCUT2D eigenvalue weighted by molar-refractivity contribution is -0.112. The summed E-state index contributed by atoms with van der Waals surface area (Å²) < 4.78 is 0. The Morgan fingerprint density at radius 3 is 2.53 bits per heavy atom. The van der Waals surface area contributed by atoms with Crippen LogP contribution >= 0.6 is 0 Å². The van der Waals surface area contributed by atoms with Gasteiger partial charge in [0, 0.05) is 12.4 Å². The molecule has 0 saturated carbocycles. The first-order valence-corrected chi connectivity index (χ1v) is 5.16. The molecule has 0 saturated heterocycles. The number of fused-ring (bicyclic) bond motifs is 1. The van der Waals surface area contributed by atoms with Crippen molar-refractivity contribution in [3.05, 3.63) is 48.3 Å². The van der Waals surface area contributed by atoms with Crippen LogP contribution in [-0.4, -0.2) is 16.7 Å². The van der Waals surface area contributed by atoms with E-state index in [1.165, 1.54) is 0 Å². The Morgan fingerprint density at radius 2 is 1.76 bits per heavy atom. The summed E-state index contributed by atoms with van der Waals surface area (Å²) in [5.74, 6) is -1.05. The highest BCUT2D eigenvalue weighted by Crippen LogP contribution is 2.32. The van der Waals surface area contributed by atoms with Crippen molar-refractivity contribution in [2.45, 2.75) is 0 Å². The van der Waals surface area contributed by atoms with Crippen molar-refractivity contribution in [2.24, 2.45) is 0 Å². The van der Waals surface area contributed by atoms with Gasteiger partial charge in [-0.1, -0.05) is 12.1 Å². The Bertz CT molecular complexity index is 621. The van der Waals surface area contributed by atoms with Crippen LogP contribution < -0.4 is 5.32 Å². The van der Waals surface area contributed by atoms with Crippen molar-refractivity contribution >= 4 is 17.4 Å². The van der Waals surface area contributed by atoms with E-state index in [4.69, 9.17) is 0 Å². The number of pyridine rings is 1. The van der Waals surface area contributed by atoms with Crippen LogP contribution in [0.2, 0.25) is 0 Å². The van der Waals surface area contributed by atoms with Crippen molar-refractivity contribution in [1.82, 2.24) is 4.98 Å². The predicted octanol–water partition coefficient (Wildman–Crippen LogP) is 1.88. The summed E-state index contributed by atoms with van der Waals surface area (Å²) in [7, 11) is 0. The number of nitrogens with zero attached hydrogens (tertiary/aromatic N) is 1. The number of aromatic nitrogens is 1. The summed E-state index contributed by atoms with van der Waals surface area (Å²) in [5.41, 5.74) is 2.66. The number of hydrogen-bond donors (Lipinski definition) is 1. The quantitative estimate of drug-likeness (QED) is 0.752. The third-order valence-electron chi connectivity index (χ3n) is 2.74. The van der Waals surface area contributed by atoms with Gasteiger partial charge < -0.3 is 5.32 Å². The van der Waals surface area contributed by atoms with E-state index in [-0.39, 0.29) is 0 Å². The number of carbonyl (C=O) groups is 2. The molecule has 1 amide bonds. The zero-order valence-electron chi connectivity index (χ0n) is 8.81. The lowest BCUT2D eigenvalue weighted by Crippen LogP contribution is -2.12. The number of amides is 1. The minimum absolute atomic E-state index is 0.448. The molecule has 1 aromatic heterocycles. The zero-order chi connectivity index (χ0) is 11.8. The Kier molecular flexibility index (Phi) is 2.01. The van der Waals surface area contributed by atoms with E-state index in [0.717, 1.165) is 11.1 Å². The smallest absolute Gasteiger partial charge is 0.296 e. The second-order valence-corrected chi connectivity index (χ2v) is 3.75. The maximum absolute atomic E-state index is 11.8. The number of hydrogen-bond acceptors (Lipinski definition) is 3. The molecule has 0 aliphatic carbocycles. The topological polar surface area (TPSA) is 59.1 Å². The normalized spacial score (nSPS) is 13.4. The number of rotatable bonds is 1. The van der Waals surface area contributed by atoms with Crippen molar-refractivity contribution < 1.29 is 9.59 Å². The molecule has 4 nitrogen and oxygen atoms in total. The van der Waals surface area contributed by atoms with Crippen LogP contribution in [0.5, 0.6) is 0 Å². The molecule has 0 atom stereocenters. The largest absolute Gasteiger partial charge is 0.318 e. The van der Waals surface area contributed by atoms with Gasteiger partial charge in [-0.25, -0.2) is 0 Å². The number of nitrogens with one attached hydrogen (secondary N) is 1. The molecule has 1 aromatic carbocycles. The third kappa shape index (κ3) is 1.42. The first kappa shape index (κ1) is 9.72. The molecule has 0 radical (unpaired) electrons. The Hall–Kier alpha value is -2.49. The van der Waals surface area contributed by atoms with E-state index in [2.05, 4.69) is 10.3 Å². The molecule has 2 aromatic rings. The fraction of sp³-hybridized carbons (Fsp3) is 0. The van der Waals surface area contributed by atoms with Crippen LogP contribution in [0.25, 0.3) is 11.1 Å². The summed E-state index contributed by atoms with van der Waals surface area (Å²) in [6.07, 6.45) is 3.31. The van der Waals surface area contributed by atoms with Gasteiger partial charge >= 0.3 is 0 Å². The molecule has 82 valence electrons. The van der Waals surface area contributed by atoms with Gasteiger partial charge in [0.25, 0.3) is 11.7 Å². The molecule has 0 bridgehead atoms. The summed E-state index contributed by atoms with van der Waals surface area (Å²) in [6, 6.07) is 8.99. The fourth-order valence-corrected chi connectivity index (χ4v) is 1.97. The van der Waals surface area contributed by atoms with Gasteiger partial charge in [-0.15, -0.1) is 0 Å². The number of carbonyl (C=O) groups excluding carboxylic acids is 2. The SMILES string of the molecule is O=C1Nc2cccc(-c3ccncc3)c2C1=O. The van der Waals surface area contributed by atoms with Crippen molar-refractivity contribution in [1.29, 1.82) is 0 Å². The van der Waals surface area contributed by atoms with Crippen LogP contribution in [0, 0.1) is 0 Å². The molecular formula is C13H8N2O2. The molecule has 1 aliphatic rings. The fourth-order valence-electron chi connectivity index (χ4n) is 1.97. The standard InChI is InChI=1S/C13H8N2O2/c16-12-11-9(8-4-6-14-7-5-8)2-1-3-10(11)15-13(12)17/h1-7H,(H,15,16,17). The Balaban J connectivity index is 2.25. The second kappa shape index (κ2) is 3.52. The van der Waals surface area contributed by atoms with Crippen molar-refractivity contribution in [2.75, 3.05) is 5.32 Å². The summed E-state index contributed by atoms with van der Waals surface area (Å²) in [5, 5.41) is 2.55. The maximum atomic E-state index is 11.8. The van der Waals surface area contributed by atoms with E-state index < -0.39 is 11.7 Å². The van der Waals surface area contributed by atoms with Gasteiger partial charge in [-0.3, -0.25) is 14.6 Å². The van der Waals surface area contributed by atoms with Crippen LogP contribution in [-0.2, 0) is 4.79 Å². The van der Waals surface area contributed by atoms with E-state index in [1.54, 1.807) is 18.5 Å². The molecule has 1 N–H and O–H groups in total. The number of anilines is 1. The summed E-state index contributed by atoms with van der Waals surface area (Å²) in [4.78, 5) is 27.0. The Labute approximate surface area is 97.3 Å². The number of Topliss-reactive ketones (excluding diaryl/α,β-unsaturated/α-hetero) is 1. The maximum Gasteiger partial charge on any atom is 0.296 e. The molecule has 3 rings (SSSR count). The van der Waals surface area contributed by atoms with E-state index in [0.29, 0.717) is 11.3 Å². The minimum atomic E-state index is -0.568. The highest BCUT2D eigenvalue weighted by atomic mass is 16.2. The molecular weight excluding hydrogens is 216 g/mol. The molecule has 0 spiro atoms. The average molecular weight is 224 g/mol. The summed E-state index contributed by atoms with van der Waals surface area (Å²) in [6.45, 7) is 0. The lowest BCUT2D eigenvalue weighted by atomic mass is 9.98. The predicted molar refractivity (Wildman–Crippen MR) is 62.6 cm³/mol. The molecule has 17 heavy (non-hydrogen) atoms. The van der Waals surface area contributed by atoms with Gasteiger partial charge in [0.05, 0.1) is 11.3 Å². The first-order valence-electron chi connectivity index (χ1n) is 5.16. The molecule has 0 fully saturated rings. The van der Waals surface area contributed by atoms with Gasteiger partial charge in [-0.05, 0) is 29.3 Å². The molecule has 2 heterocycles. The van der Waals surface area contributed by atoms with E-state index >= 15 is 0 Å². The van der Waals surface area contributed by atoms with Gasteiger partial charge in [0.2, 0.25) is 0 Å². The van der Waals surface area contributed by atoms with Gasteiger partial charge in [-0.2, -0.15) is 0 Å². The number of benzene rings is 1. The number of ketones is 1. The van der Waals surface area contributed by atoms with E-state index in [9.17, 15) is 9.59 Å². The highest BCUT2D eigenvalue weighted by Gasteiger charge is 2.30. The van der Waals surface area contributed by atoms with Gasteiger partial charge in [0.1, 0.15) is 0 Å². The molecule has 4 heteroatoms. The van der Waals surface area contributed by atoms with Crippen LogP contribution in [0.15, 0.2) is 42.7 Å². The highest BCUT2D eigenvalue weighted by molar-refractivity contribution is 6.52. The summed E-state index contributed by atoms with van der Waals surface area (Å²) >= 11 is 0. The molecule has 1 aliphatic heterocycles. The van der Waals surface area contributed by atoms with Crippen LogP contribution in [0.1, 0.15) is 10.4 Å². The van der Waals surface area contributed by atoms with Crippen LogP contribution in [0.3, 0.4) is 0 Å². The van der Waals surface area contributed by atoms with E-state index in [1.807, 2.05) is 24.3 Å². The zero-order valence-corrected chi connectivity index (χ0v) is 8.81. The van der Waals surface area contributed by atoms with Crippen molar-refractivity contribution in [3.8, 4) is 11.1 Å². The average Bonchev–Trinajstić information content (AvgIpc) is 2.66. The lowest BCUT2D eigenvalue weighted by Gasteiger charge is -2.05. The Morgan fingerprint density at radius 1 is 1.00 bits per heavy atom. The molecule has 0 unspecified atom stereocenters. The third-order valence-corrected chi connectivity index (χ3v) is 2.74. The second-order valence-electron chi connectivity index (χ2n) is 3.75.